The number of aryl methyl sites for hydroxylation is 1. The standard InChI is InChI=1S/C18H27N5/c1-5-9-14-12-17(23(6-2)7-3)22-18(20-14)21-16-11-8-10-15(19)13(16)4/h8,10-12H,5-7,9,19H2,1-4H3,(H,20,21,22). The molecule has 0 aliphatic carbocycles. The molecule has 0 aliphatic rings. The number of benzene rings is 1. The second-order valence-electron chi connectivity index (χ2n) is 5.61. The van der Waals surface area contributed by atoms with Gasteiger partial charge in [-0.15, -0.1) is 0 Å². The van der Waals surface area contributed by atoms with Gasteiger partial charge in [-0.2, -0.15) is 4.98 Å². The highest BCUT2D eigenvalue weighted by Crippen LogP contribution is 2.24. The number of aromatic nitrogens is 2. The highest BCUT2D eigenvalue weighted by atomic mass is 15.2. The summed E-state index contributed by atoms with van der Waals surface area (Å²) in [6, 6.07) is 7.93. The van der Waals surface area contributed by atoms with Gasteiger partial charge >= 0.3 is 0 Å². The van der Waals surface area contributed by atoms with Gasteiger partial charge in [0, 0.05) is 36.2 Å². The van der Waals surface area contributed by atoms with Crippen molar-refractivity contribution in [2.45, 2.75) is 40.5 Å². The molecule has 1 aromatic carbocycles. The molecule has 124 valence electrons. The van der Waals surface area contributed by atoms with Crippen LogP contribution < -0.4 is 16.0 Å². The van der Waals surface area contributed by atoms with Crippen molar-refractivity contribution < 1.29 is 0 Å². The summed E-state index contributed by atoms with van der Waals surface area (Å²) in [6.45, 7) is 10.3. The van der Waals surface area contributed by atoms with Gasteiger partial charge in [0.2, 0.25) is 5.95 Å². The average molecular weight is 313 g/mol. The Bertz CT molecular complexity index is 650. The third kappa shape index (κ3) is 4.12. The number of nitrogens with zero attached hydrogens (tertiary/aromatic N) is 3. The van der Waals surface area contributed by atoms with Crippen molar-refractivity contribution in [1.29, 1.82) is 0 Å². The van der Waals surface area contributed by atoms with Crippen LogP contribution in [0.25, 0.3) is 0 Å². The summed E-state index contributed by atoms with van der Waals surface area (Å²) in [5, 5.41) is 3.33. The van der Waals surface area contributed by atoms with E-state index in [9.17, 15) is 0 Å². The molecule has 1 aromatic heterocycles. The van der Waals surface area contributed by atoms with Crippen LogP contribution in [0.1, 0.15) is 38.4 Å². The van der Waals surface area contributed by atoms with E-state index in [1.807, 2.05) is 25.1 Å². The monoisotopic (exact) mass is 313 g/mol. The first kappa shape index (κ1) is 17.1. The molecule has 5 heteroatoms. The third-order valence-corrected chi connectivity index (χ3v) is 3.98. The van der Waals surface area contributed by atoms with Gasteiger partial charge in [0.15, 0.2) is 0 Å². The Balaban J connectivity index is 2.38. The number of anilines is 4. The van der Waals surface area contributed by atoms with Crippen LogP contribution in [0.4, 0.5) is 23.1 Å². The molecule has 0 radical (unpaired) electrons. The van der Waals surface area contributed by atoms with Crippen LogP contribution in [0.15, 0.2) is 24.3 Å². The van der Waals surface area contributed by atoms with E-state index in [0.717, 1.165) is 54.4 Å². The van der Waals surface area contributed by atoms with Crippen molar-refractivity contribution in [2.75, 3.05) is 29.0 Å². The molecule has 2 aromatic rings. The average Bonchev–Trinajstić information content (AvgIpc) is 2.53. The molecule has 2 rings (SSSR count). The Morgan fingerprint density at radius 3 is 2.52 bits per heavy atom. The molecule has 0 aliphatic heterocycles. The van der Waals surface area contributed by atoms with Crippen molar-refractivity contribution in [3.05, 3.63) is 35.5 Å². The molecule has 1 heterocycles. The summed E-state index contributed by atoms with van der Waals surface area (Å²) >= 11 is 0. The van der Waals surface area contributed by atoms with E-state index >= 15 is 0 Å². The zero-order valence-corrected chi connectivity index (χ0v) is 14.6. The van der Waals surface area contributed by atoms with Crippen molar-refractivity contribution in [3.63, 3.8) is 0 Å². The Morgan fingerprint density at radius 1 is 1.13 bits per heavy atom. The van der Waals surface area contributed by atoms with Gasteiger partial charge in [0.05, 0.1) is 0 Å². The van der Waals surface area contributed by atoms with E-state index in [4.69, 9.17) is 5.73 Å². The molecule has 0 spiro atoms. The number of nitrogens with one attached hydrogen (secondary N) is 1. The Kier molecular flexibility index (Phi) is 5.79. The largest absolute Gasteiger partial charge is 0.398 e. The second-order valence-corrected chi connectivity index (χ2v) is 5.61. The van der Waals surface area contributed by atoms with Gasteiger partial charge in [-0.3, -0.25) is 0 Å². The van der Waals surface area contributed by atoms with E-state index in [1.54, 1.807) is 0 Å². The fraction of sp³-hybridized carbons (Fsp3) is 0.444. The lowest BCUT2D eigenvalue weighted by Gasteiger charge is -2.21. The highest BCUT2D eigenvalue weighted by Gasteiger charge is 2.10. The number of nitrogens with two attached hydrogens (primary N) is 1. The van der Waals surface area contributed by atoms with E-state index in [1.165, 1.54) is 0 Å². The van der Waals surface area contributed by atoms with E-state index in [-0.39, 0.29) is 0 Å². The summed E-state index contributed by atoms with van der Waals surface area (Å²) in [5.41, 5.74) is 9.78. The van der Waals surface area contributed by atoms with Crippen molar-refractivity contribution in [2.24, 2.45) is 0 Å². The predicted octanol–water partition coefficient (Wildman–Crippen LogP) is 3.91. The quantitative estimate of drug-likeness (QED) is 0.759. The van der Waals surface area contributed by atoms with Gasteiger partial charge < -0.3 is 16.0 Å². The minimum Gasteiger partial charge on any atom is -0.398 e. The molecule has 3 N–H and O–H groups in total. The summed E-state index contributed by atoms with van der Waals surface area (Å²) in [4.78, 5) is 11.6. The first-order valence-corrected chi connectivity index (χ1v) is 8.34. The summed E-state index contributed by atoms with van der Waals surface area (Å²) in [5.74, 6) is 1.60. The normalized spacial score (nSPS) is 10.6. The fourth-order valence-electron chi connectivity index (χ4n) is 2.54. The van der Waals surface area contributed by atoms with Gasteiger partial charge in [0.25, 0.3) is 0 Å². The van der Waals surface area contributed by atoms with Gasteiger partial charge in [-0.25, -0.2) is 4.98 Å². The third-order valence-electron chi connectivity index (χ3n) is 3.98. The number of hydrogen-bond acceptors (Lipinski definition) is 5. The molecule has 23 heavy (non-hydrogen) atoms. The summed E-state index contributed by atoms with van der Waals surface area (Å²) < 4.78 is 0. The van der Waals surface area contributed by atoms with Crippen LogP contribution in [-0.4, -0.2) is 23.1 Å². The Morgan fingerprint density at radius 2 is 1.87 bits per heavy atom. The van der Waals surface area contributed by atoms with Crippen molar-refractivity contribution in [1.82, 2.24) is 9.97 Å². The maximum absolute atomic E-state index is 5.98. The lowest BCUT2D eigenvalue weighted by molar-refractivity contribution is 0.824. The number of hydrogen-bond donors (Lipinski definition) is 2. The zero-order valence-electron chi connectivity index (χ0n) is 14.6. The number of rotatable bonds is 7. The summed E-state index contributed by atoms with van der Waals surface area (Å²) in [6.07, 6.45) is 2.01. The highest BCUT2D eigenvalue weighted by molar-refractivity contribution is 5.67. The van der Waals surface area contributed by atoms with Gasteiger partial charge in [-0.1, -0.05) is 19.4 Å². The zero-order chi connectivity index (χ0) is 16.8. The van der Waals surface area contributed by atoms with E-state index < -0.39 is 0 Å². The minimum absolute atomic E-state index is 0.631. The maximum Gasteiger partial charge on any atom is 0.229 e. The topological polar surface area (TPSA) is 67.1 Å². The van der Waals surface area contributed by atoms with Crippen LogP contribution in [0.3, 0.4) is 0 Å². The number of nitrogen functional groups attached to an aromatic ring is 1. The predicted molar refractivity (Wildman–Crippen MR) is 98.5 cm³/mol. The molecule has 0 bridgehead atoms. The fourth-order valence-corrected chi connectivity index (χ4v) is 2.54. The van der Waals surface area contributed by atoms with Gasteiger partial charge in [-0.05, 0) is 44.9 Å². The Labute approximate surface area is 138 Å². The van der Waals surface area contributed by atoms with E-state index in [2.05, 4.69) is 47.0 Å². The molecule has 5 nitrogen and oxygen atoms in total. The van der Waals surface area contributed by atoms with Crippen LogP contribution in [0.2, 0.25) is 0 Å². The van der Waals surface area contributed by atoms with Crippen LogP contribution in [0, 0.1) is 6.92 Å². The Hall–Kier alpha value is -2.30. The molecule has 0 unspecified atom stereocenters. The second kappa shape index (κ2) is 7.81. The van der Waals surface area contributed by atoms with Crippen LogP contribution in [0.5, 0.6) is 0 Å². The van der Waals surface area contributed by atoms with Crippen molar-refractivity contribution >= 4 is 23.1 Å². The van der Waals surface area contributed by atoms with Gasteiger partial charge in [0.1, 0.15) is 5.82 Å². The molecular weight excluding hydrogens is 286 g/mol. The molecule has 0 amide bonds. The first-order valence-electron chi connectivity index (χ1n) is 8.34. The summed E-state index contributed by atoms with van der Waals surface area (Å²) in [7, 11) is 0. The molecule has 0 saturated carbocycles. The molecule has 0 saturated heterocycles. The first-order chi connectivity index (χ1) is 11.1. The molecule has 0 atom stereocenters. The molecule has 0 fully saturated rings. The SMILES string of the molecule is CCCc1cc(N(CC)CC)nc(Nc2cccc(N)c2C)n1. The smallest absolute Gasteiger partial charge is 0.229 e. The van der Waals surface area contributed by atoms with Crippen LogP contribution in [-0.2, 0) is 6.42 Å². The minimum atomic E-state index is 0.631. The van der Waals surface area contributed by atoms with E-state index in [0.29, 0.717) is 5.95 Å². The lowest BCUT2D eigenvalue weighted by atomic mass is 10.1. The lowest BCUT2D eigenvalue weighted by Crippen LogP contribution is -2.23. The maximum atomic E-state index is 5.98. The van der Waals surface area contributed by atoms with Crippen LogP contribution >= 0.6 is 0 Å². The molecular formula is C18H27N5. The van der Waals surface area contributed by atoms with Crippen molar-refractivity contribution in [3.8, 4) is 0 Å².